The smallest absolute Gasteiger partial charge is 0.228 e. The number of nitrogens with two attached hydrogens (primary N) is 1. The number of nitrogens with one attached hydrogen (secondary N) is 1. The summed E-state index contributed by atoms with van der Waals surface area (Å²) in [4.78, 5) is 15.9. The van der Waals surface area contributed by atoms with Crippen LogP contribution in [0.3, 0.4) is 0 Å². The van der Waals surface area contributed by atoms with Gasteiger partial charge in [0.1, 0.15) is 0 Å². The van der Waals surface area contributed by atoms with Crippen LogP contribution in [0.15, 0.2) is 36.5 Å². The van der Waals surface area contributed by atoms with Gasteiger partial charge in [0.05, 0.1) is 12.1 Å². The van der Waals surface area contributed by atoms with Gasteiger partial charge in [0.25, 0.3) is 0 Å². The van der Waals surface area contributed by atoms with E-state index in [-0.39, 0.29) is 18.3 Å². The van der Waals surface area contributed by atoms with Crippen molar-refractivity contribution in [1.82, 2.24) is 4.98 Å². The van der Waals surface area contributed by atoms with E-state index < -0.39 is 0 Å². The number of aromatic nitrogens is 1. The molecule has 2 heterocycles. The van der Waals surface area contributed by atoms with Crippen LogP contribution in [-0.4, -0.2) is 16.9 Å². The lowest BCUT2D eigenvalue weighted by Gasteiger charge is -2.05. The van der Waals surface area contributed by atoms with Crippen molar-refractivity contribution in [3.05, 3.63) is 47.7 Å². The summed E-state index contributed by atoms with van der Waals surface area (Å²) >= 11 is 0. The number of anilines is 1. The third-order valence-electron chi connectivity index (χ3n) is 4.09. The number of hydrogen-bond donors (Lipinski definition) is 2. The number of halogens is 1. The topological polar surface area (TPSA) is 68.0 Å². The minimum Gasteiger partial charge on any atom is -0.327 e. The minimum absolute atomic E-state index is 0. The lowest BCUT2D eigenvalue weighted by atomic mass is 10.1. The minimum atomic E-state index is 0. The van der Waals surface area contributed by atoms with Crippen LogP contribution in [0.2, 0.25) is 0 Å². The Labute approximate surface area is 129 Å². The Morgan fingerprint density at radius 3 is 2.71 bits per heavy atom. The van der Waals surface area contributed by atoms with Gasteiger partial charge in [0.15, 0.2) is 0 Å². The van der Waals surface area contributed by atoms with Gasteiger partial charge in [-0.3, -0.25) is 9.78 Å². The van der Waals surface area contributed by atoms with Crippen molar-refractivity contribution in [3.63, 3.8) is 0 Å². The molecule has 1 saturated carbocycles. The summed E-state index contributed by atoms with van der Waals surface area (Å²) in [5.41, 5.74) is 11.0. The number of benzene rings is 1. The molecule has 0 bridgehead atoms. The highest BCUT2D eigenvalue weighted by Crippen LogP contribution is 2.39. The van der Waals surface area contributed by atoms with Crippen molar-refractivity contribution in [2.24, 2.45) is 5.73 Å². The van der Waals surface area contributed by atoms with Gasteiger partial charge in [-0.25, -0.2) is 0 Å². The van der Waals surface area contributed by atoms with Gasteiger partial charge in [-0.1, -0.05) is 18.2 Å². The largest absolute Gasteiger partial charge is 0.327 e. The van der Waals surface area contributed by atoms with Gasteiger partial charge >= 0.3 is 0 Å². The fourth-order valence-corrected chi connectivity index (χ4v) is 2.77. The Morgan fingerprint density at radius 1 is 1.24 bits per heavy atom. The van der Waals surface area contributed by atoms with Crippen molar-refractivity contribution in [2.75, 3.05) is 5.32 Å². The lowest BCUT2D eigenvalue weighted by molar-refractivity contribution is -0.115. The molecule has 2 aliphatic rings. The van der Waals surface area contributed by atoms with Crippen LogP contribution in [0.4, 0.5) is 5.69 Å². The normalized spacial score (nSPS) is 22.2. The van der Waals surface area contributed by atoms with E-state index in [9.17, 15) is 4.79 Å². The maximum atomic E-state index is 11.4. The lowest BCUT2D eigenvalue weighted by Crippen LogP contribution is -2.03. The van der Waals surface area contributed by atoms with Gasteiger partial charge in [0, 0.05) is 29.4 Å². The molecule has 0 unspecified atom stereocenters. The summed E-state index contributed by atoms with van der Waals surface area (Å²) in [6, 6.07) is 10.4. The SMILES string of the molecule is Cl.N[C@H]1C[C@@H]1c1ccc(-c2ccc3c(c2)NC(=O)C3)nc1. The molecule has 3 N–H and O–H groups in total. The number of carbonyl (C=O) groups excluding carboxylic acids is 1. The molecule has 0 spiro atoms. The first kappa shape index (κ1) is 14.0. The second-order valence-electron chi connectivity index (χ2n) is 5.58. The molecule has 1 aromatic heterocycles. The number of amides is 1. The average molecular weight is 302 g/mol. The van der Waals surface area contributed by atoms with Crippen LogP contribution >= 0.6 is 12.4 Å². The third-order valence-corrected chi connectivity index (χ3v) is 4.09. The molecular formula is C16H16ClN3O. The second-order valence-corrected chi connectivity index (χ2v) is 5.58. The summed E-state index contributed by atoms with van der Waals surface area (Å²) in [6.45, 7) is 0. The monoisotopic (exact) mass is 301 g/mol. The Balaban J connectivity index is 0.00000132. The standard InChI is InChI=1S/C16H15N3O.ClH/c17-13-7-12(13)11-3-4-14(18-8-11)9-1-2-10-6-16(20)19-15(10)5-9;/h1-5,8,12-13H,6-7,17H2,(H,19,20);1H/t12-,13+;/m1./s1. The maximum absolute atomic E-state index is 11.4. The molecule has 4 rings (SSSR count). The van der Waals surface area contributed by atoms with Gasteiger partial charge in [0.2, 0.25) is 5.91 Å². The van der Waals surface area contributed by atoms with E-state index in [0.29, 0.717) is 18.4 Å². The summed E-state index contributed by atoms with van der Waals surface area (Å²) in [7, 11) is 0. The number of fused-ring (bicyclic) bond motifs is 1. The molecule has 0 saturated heterocycles. The van der Waals surface area contributed by atoms with Crippen LogP contribution in [0.5, 0.6) is 0 Å². The summed E-state index contributed by atoms with van der Waals surface area (Å²) in [5.74, 6) is 0.541. The molecule has 0 radical (unpaired) electrons. The molecule has 1 aromatic carbocycles. The number of hydrogen-bond acceptors (Lipinski definition) is 3. The van der Waals surface area contributed by atoms with E-state index in [0.717, 1.165) is 28.9 Å². The molecule has 2 aromatic rings. The van der Waals surface area contributed by atoms with Crippen LogP contribution < -0.4 is 11.1 Å². The maximum Gasteiger partial charge on any atom is 0.228 e. The van der Waals surface area contributed by atoms with Crippen LogP contribution in [0, 0.1) is 0 Å². The van der Waals surface area contributed by atoms with E-state index in [1.54, 1.807) is 0 Å². The average Bonchev–Trinajstić information content (AvgIpc) is 3.06. The zero-order chi connectivity index (χ0) is 13.7. The fourth-order valence-electron chi connectivity index (χ4n) is 2.77. The van der Waals surface area contributed by atoms with Gasteiger partial charge < -0.3 is 11.1 Å². The summed E-state index contributed by atoms with van der Waals surface area (Å²) < 4.78 is 0. The fraction of sp³-hybridized carbons (Fsp3) is 0.250. The van der Waals surface area contributed by atoms with Crippen LogP contribution in [0.1, 0.15) is 23.5 Å². The molecule has 1 amide bonds. The Bertz CT molecular complexity index is 699. The molecule has 1 aliphatic carbocycles. The van der Waals surface area contributed by atoms with Gasteiger partial charge in [-0.2, -0.15) is 0 Å². The number of nitrogens with zero attached hydrogens (tertiary/aromatic N) is 1. The van der Waals surface area contributed by atoms with Crippen molar-refractivity contribution >= 4 is 24.0 Å². The van der Waals surface area contributed by atoms with E-state index in [2.05, 4.69) is 16.4 Å². The first-order chi connectivity index (χ1) is 9.70. The molecule has 1 fully saturated rings. The summed E-state index contributed by atoms with van der Waals surface area (Å²) in [5, 5.41) is 2.87. The highest BCUT2D eigenvalue weighted by Gasteiger charge is 2.34. The molecular weight excluding hydrogens is 286 g/mol. The Kier molecular flexibility index (Phi) is 3.43. The Hall–Kier alpha value is -1.91. The first-order valence-corrected chi connectivity index (χ1v) is 6.85. The zero-order valence-corrected chi connectivity index (χ0v) is 12.2. The van der Waals surface area contributed by atoms with E-state index in [1.807, 2.05) is 30.5 Å². The highest BCUT2D eigenvalue weighted by atomic mass is 35.5. The van der Waals surface area contributed by atoms with E-state index >= 15 is 0 Å². The molecule has 1 aliphatic heterocycles. The zero-order valence-electron chi connectivity index (χ0n) is 11.4. The predicted octanol–water partition coefficient (Wildman–Crippen LogP) is 2.48. The van der Waals surface area contributed by atoms with E-state index in [4.69, 9.17) is 5.73 Å². The summed E-state index contributed by atoms with van der Waals surface area (Å²) in [6.07, 6.45) is 3.45. The second kappa shape index (κ2) is 5.13. The highest BCUT2D eigenvalue weighted by molar-refractivity contribution is 5.99. The molecule has 21 heavy (non-hydrogen) atoms. The van der Waals surface area contributed by atoms with Crippen molar-refractivity contribution in [3.8, 4) is 11.3 Å². The number of pyridine rings is 1. The Morgan fingerprint density at radius 2 is 2.05 bits per heavy atom. The van der Waals surface area contributed by atoms with Crippen molar-refractivity contribution in [1.29, 1.82) is 0 Å². The molecule has 4 nitrogen and oxygen atoms in total. The first-order valence-electron chi connectivity index (χ1n) is 6.85. The third kappa shape index (κ3) is 2.52. The van der Waals surface area contributed by atoms with Gasteiger partial charge in [-0.15, -0.1) is 12.4 Å². The van der Waals surface area contributed by atoms with Crippen LogP contribution in [0.25, 0.3) is 11.3 Å². The predicted molar refractivity (Wildman–Crippen MR) is 84.6 cm³/mol. The van der Waals surface area contributed by atoms with Crippen molar-refractivity contribution < 1.29 is 4.79 Å². The molecule has 108 valence electrons. The van der Waals surface area contributed by atoms with Crippen molar-refractivity contribution in [2.45, 2.75) is 24.8 Å². The molecule has 5 heteroatoms. The molecule has 2 atom stereocenters. The van der Waals surface area contributed by atoms with Gasteiger partial charge in [-0.05, 0) is 29.7 Å². The van der Waals surface area contributed by atoms with E-state index in [1.165, 1.54) is 5.56 Å². The number of carbonyl (C=O) groups is 1. The number of rotatable bonds is 2. The van der Waals surface area contributed by atoms with Crippen LogP contribution in [-0.2, 0) is 11.2 Å². The quantitative estimate of drug-likeness (QED) is 0.895.